The van der Waals surface area contributed by atoms with Crippen molar-refractivity contribution < 1.29 is 22.7 Å². The molecule has 8 nitrogen and oxygen atoms in total. The fourth-order valence-electron chi connectivity index (χ4n) is 5.48. The first kappa shape index (κ1) is 28.7. The first-order chi connectivity index (χ1) is 19.6. The standard InChI is InChI=1S/C31H32ClN3O5S/c1-20-6-5-9-26(32)30(20)41(38,39)34-31(37)23-10-11-24(28(17-23)40-2)19-35-15-14-22-12-13-25(18-27(22)35)33-29(36)16-21-7-3-4-8-21/h5-6,9-15,17-18,21H,3-4,7-8,16,19H2,1-2H3,(H,33,36)(H,34,37). The van der Waals surface area contributed by atoms with Crippen molar-refractivity contribution in [2.24, 2.45) is 5.92 Å². The SMILES string of the molecule is COc1cc(C(=O)NS(=O)(=O)c2c(C)cccc2Cl)ccc1Cn1ccc2ccc(NC(=O)CC3CCCC3)cc21. The van der Waals surface area contributed by atoms with Crippen LogP contribution in [-0.4, -0.2) is 31.9 Å². The van der Waals surface area contributed by atoms with Gasteiger partial charge < -0.3 is 14.6 Å². The molecule has 1 saturated carbocycles. The van der Waals surface area contributed by atoms with E-state index in [1.807, 2.05) is 35.0 Å². The number of anilines is 1. The lowest BCUT2D eigenvalue weighted by atomic mass is 10.0. The van der Waals surface area contributed by atoms with Crippen molar-refractivity contribution in [3.05, 3.63) is 88.6 Å². The third kappa shape index (κ3) is 6.41. The number of benzene rings is 3. The molecule has 2 N–H and O–H groups in total. The molecule has 41 heavy (non-hydrogen) atoms. The molecule has 10 heteroatoms. The van der Waals surface area contributed by atoms with Crippen molar-refractivity contribution in [1.82, 2.24) is 9.29 Å². The summed E-state index contributed by atoms with van der Waals surface area (Å²) in [7, 11) is -2.69. The number of ether oxygens (including phenoxy) is 1. The number of halogens is 1. The van der Waals surface area contributed by atoms with E-state index in [-0.39, 0.29) is 21.4 Å². The summed E-state index contributed by atoms with van der Waals surface area (Å²) in [6.45, 7) is 2.05. The zero-order valence-electron chi connectivity index (χ0n) is 22.9. The number of rotatable bonds is 9. The highest BCUT2D eigenvalue weighted by atomic mass is 35.5. The van der Waals surface area contributed by atoms with Gasteiger partial charge in [0.15, 0.2) is 0 Å². The summed E-state index contributed by atoms with van der Waals surface area (Å²) in [6, 6.07) is 17.4. The predicted molar refractivity (Wildman–Crippen MR) is 160 cm³/mol. The molecule has 0 saturated heterocycles. The maximum Gasteiger partial charge on any atom is 0.266 e. The Balaban J connectivity index is 1.33. The van der Waals surface area contributed by atoms with Crippen LogP contribution in [0.4, 0.5) is 5.69 Å². The summed E-state index contributed by atoms with van der Waals surface area (Å²) in [5, 5.41) is 4.10. The van der Waals surface area contributed by atoms with Crippen molar-refractivity contribution in [2.75, 3.05) is 12.4 Å². The van der Waals surface area contributed by atoms with Gasteiger partial charge in [-0.05, 0) is 73.0 Å². The van der Waals surface area contributed by atoms with E-state index in [2.05, 4.69) is 10.0 Å². The van der Waals surface area contributed by atoms with Gasteiger partial charge >= 0.3 is 0 Å². The number of aryl methyl sites for hydroxylation is 1. The summed E-state index contributed by atoms with van der Waals surface area (Å²) in [6.07, 6.45) is 7.15. The number of carbonyl (C=O) groups excluding carboxylic acids is 2. The number of fused-ring (bicyclic) bond motifs is 1. The molecule has 4 aromatic rings. The number of amides is 2. The molecule has 0 unspecified atom stereocenters. The zero-order chi connectivity index (χ0) is 29.1. The van der Waals surface area contributed by atoms with Crippen LogP contribution in [-0.2, 0) is 21.4 Å². The van der Waals surface area contributed by atoms with Crippen molar-refractivity contribution in [3.63, 3.8) is 0 Å². The predicted octanol–water partition coefficient (Wildman–Crippen LogP) is 6.30. The number of methoxy groups -OCH3 is 1. The second-order valence-electron chi connectivity index (χ2n) is 10.5. The average molecular weight is 594 g/mol. The Bertz CT molecular complexity index is 1700. The minimum Gasteiger partial charge on any atom is -0.496 e. The van der Waals surface area contributed by atoms with Crippen molar-refractivity contribution in [3.8, 4) is 5.75 Å². The molecule has 214 valence electrons. The third-order valence-corrected chi connectivity index (χ3v) is 9.52. The quantitative estimate of drug-likeness (QED) is 0.237. The van der Waals surface area contributed by atoms with E-state index in [1.165, 1.54) is 32.1 Å². The fourth-order valence-corrected chi connectivity index (χ4v) is 7.28. The molecular weight excluding hydrogens is 562 g/mol. The van der Waals surface area contributed by atoms with Crippen LogP contribution >= 0.6 is 11.6 Å². The molecule has 1 fully saturated rings. The molecule has 0 radical (unpaired) electrons. The molecule has 0 spiro atoms. The molecule has 0 bridgehead atoms. The van der Waals surface area contributed by atoms with Gasteiger partial charge in [0, 0.05) is 29.4 Å². The highest BCUT2D eigenvalue weighted by Gasteiger charge is 2.24. The van der Waals surface area contributed by atoms with E-state index < -0.39 is 15.9 Å². The van der Waals surface area contributed by atoms with Gasteiger partial charge in [-0.15, -0.1) is 0 Å². The second-order valence-corrected chi connectivity index (χ2v) is 12.5. The second kappa shape index (κ2) is 12.0. The van der Waals surface area contributed by atoms with Gasteiger partial charge in [-0.3, -0.25) is 9.59 Å². The first-order valence-corrected chi connectivity index (χ1v) is 15.4. The first-order valence-electron chi connectivity index (χ1n) is 13.5. The van der Waals surface area contributed by atoms with Crippen LogP contribution in [0.5, 0.6) is 5.75 Å². The van der Waals surface area contributed by atoms with E-state index in [1.54, 1.807) is 31.2 Å². The topological polar surface area (TPSA) is 106 Å². The van der Waals surface area contributed by atoms with E-state index >= 15 is 0 Å². The van der Waals surface area contributed by atoms with Crippen LogP contribution in [0, 0.1) is 12.8 Å². The monoisotopic (exact) mass is 593 g/mol. The zero-order valence-corrected chi connectivity index (χ0v) is 24.5. The molecule has 1 aromatic heterocycles. The average Bonchev–Trinajstić information content (AvgIpc) is 3.58. The Kier molecular flexibility index (Phi) is 8.37. The Labute approximate surface area is 244 Å². The van der Waals surface area contributed by atoms with Crippen LogP contribution in [0.1, 0.15) is 53.6 Å². The normalized spacial score (nSPS) is 13.8. The number of hydrogen-bond donors (Lipinski definition) is 2. The molecule has 0 aliphatic heterocycles. The van der Waals surface area contributed by atoms with Crippen LogP contribution in [0.3, 0.4) is 0 Å². The third-order valence-electron chi connectivity index (χ3n) is 7.56. The van der Waals surface area contributed by atoms with E-state index in [4.69, 9.17) is 16.3 Å². The Morgan fingerprint density at radius 2 is 1.83 bits per heavy atom. The maximum atomic E-state index is 12.9. The smallest absolute Gasteiger partial charge is 0.266 e. The molecule has 2 amide bonds. The van der Waals surface area contributed by atoms with E-state index in [0.29, 0.717) is 30.2 Å². The van der Waals surface area contributed by atoms with Crippen molar-refractivity contribution in [1.29, 1.82) is 0 Å². The number of aromatic nitrogens is 1. The lowest BCUT2D eigenvalue weighted by molar-refractivity contribution is -0.117. The fraction of sp³-hybridized carbons (Fsp3) is 0.290. The molecule has 1 aliphatic carbocycles. The highest BCUT2D eigenvalue weighted by molar-refractivity contribution is 7.90. The van der Waals surface area contributed by atoms with Crippen LogP contribution < -0.4 is 14.8 Å². The molecule has 1 heterocycles. The molecule has 1 aliphatic rings. The number of nitrogens with zero attached hydrogens (tertiary/aromatic N) is 1. The minimum absolute atomic E-state index is 0.0358. The van der Waals surface area contributed by atoms with Gasteiger partial charge in [0.2, 0.25) is 5.91 Å². The Morgan fingerprint density at radius 1 is 1.05 bits per heavy atom. The molecule has 3 aromatic carbocycles. The number of nitrogens with one attached hydrogen (secondary N) is 2. The lowest BCUT2D eigenvalue weighted by Crippen LogP contribution is -2.31. The minimum atomic E-state index is -4.19. The summed E-state index contributed by atoms with van der Waals surface area (Å²) in [4.78, 5) is 25.4. The van der Waals surface area contributed by atoms with Crippen molar-refractivity contribution in [2.45, 2.75) is 50.5 Å². The maximum absolute atomic E-state index is 12.9. The van der Waals surface area contributed by atoms with Gasteiger partial charge in [-0.25, -0.2) is 13.1 Å². The molecular formula is C31H32ClN3O5S. The van der Waals surface area contributed by atoms with E-state index in [9.17, 15) is 18.0 Å². The molecule has 5 rings (SSSR count). The van der Waals surface area contributed by atoms with Gasteiger partial charge in [-0.2, -0.15) is 0 Å². The van der Waals surface area contributed by atoms with Gasteiger partial charge in [0.1, 0.15) is 10.6 Å². The lowest BCUT2D eigenvalue weighted by Gasteiger charge is -2.14. The number of hydrogen-bond acceptors (Lipinski definition) is 5. The van der Waals surface area contributed by atoms with Crippen molar-refractivity contribution >= 4 is 50.0 Å². The van der Waals surface area contributed by atoms with Crippen LogP contribution in [0.25, 0.3) is 10.9 Å². The van der Waals surface area contributed by atoms with Gasteiger partial charge in [0.05, 0.1) is 24.2 Å². The summed E-state index contributed by atoms with van der Waals surface area (Å²) in [5.41, 5.74) is 3.04. The van der Waals surface area contributed by atoms with E-state index in [0.717, 1.165) is 35.0 Å². The Morgan fingerprint density at radius 3 is 2.56 bits per heavy atom. The largest absolute Gasteiger partial charge is 0.496 e. The van der Waals surface area contributed by atoms with Gasteiger partial charge in [0.25, 0.3) is 15.9 Å². The summed E-state index contributed by atoms with van der Waals surface area (Å²) < 4.78 is 35.5. The summed E-state index contributed by atoms with van der Waals surface area (Å²) >= 11 is 6.12. The summed E-state index contributed by atoms with van der Waals surface area (Å²) in [5.74, 6) is 0.155. The van der Waals surface area contributed by atoms with Gasteiger partial charge in [-0.1, -0.05) is 48.7 Å². The Hall–Kier alpha value is -3.82. The van der Waals surface area contributed by atoms with Crippen LogP contribution in [0.15, 0.2) is 71.8 Å². The number of carbonyl (C=O) groups is 2. The van der Waals surface area contributed by atoms with Crippen LogP contribution in [0.2, 0.25) is 5.02 Å². The highest BCUT2D eigenvalue weighted by Crippen LogP contribution is 2.29. The molecule has 0 atom stereocenters. The number of sulfonamides is 1.